The first-order valence-electron chi connectivity index (χ1n) is 9.77. The highest BCUT2D eigenvalue weighted by atomic mass is 16.2. The van der Waals surface area contributed by atoms with Gasteiger partial charge in [-0.1, -0.05) is 38.1 Å². The molecule has 6 nitrogen and oxygen atoms in total. The molecular formula is C22H26N4O2. The van der Waals surface area contributed by atoms with Crippen LogP contribution in [0, 0.1) is 0 Å². The van der Waals surface area contributed by atoms with E-state index in [1.54, 1.807) is 42.7 Å². The molecule has 28 heavy (non-hydrogen) atoms. The van der Waals surface area contributed by atoms with Crippen molar-refractivity contribution >= 4 is 23.8 Å². The van der Waals surface area contributed by atoms with Crippen molar-refractivity contribution in [2.45, 2.75) is 26.2 Å². The molecule has 1 aliphatic rings. The molecule has 1 aromatic carbocycles. The third kappa shape index (κ3) is 4.17. The maximum atomic E-state index is 13.1. The standard InChI is InChI=1S/C22H26N4O2/c1-3-25(4-2)15-9-13-23-16-19-17-10-5-6-11-18(17)21(27)26(22(19)28)20-12-7-8-14-24-20/h5-8,10-12,14,16,19H,3-4,9,13,15H2,1-2H3. The number of rotatable bonds is 8. The molecule has 6 heteroatoms. The molecule has 146 valence electrons. The summed E-state index contributed by atoms with van der Waals surface area (Å²) in [5.41, 5.74) is 1.23. The first-order valence-corrected chi connectivity index (χ1v) is 9.77. The number of benzene rings is 1. The Morgan fingerprint density at radius 3 is 2.57 bits per heavy atom. The first-order chi connectivity index (χ1) is 13.7. The Morgan fingerprint density at radius 1 is 1.11 bits per heavy atom. The first kappa shape index (κ1) is 19.9. The van der Waals surface area contributed by atoms with Crippen LogP contribution in [0.25, 0.3) is 0 Å². The molecule has 1 unspecified atom stereocenters. The summed E-state index contributed by atoms with van der Waals surface area (Å²) in [6, 6.07) is 12.4. The van der Waals surface area contributed by atoms with Crippen molar-refractivity contribution in [1.29, 1.82) is 0 Å². The molecule has 0 fully saturated rings. The number of imide groups is 1. The van der Waals surface area contributed by atoms with Crippen LogP contribution in [0.15, 0.2) is 53.7 Å². The van der Waals surface area contributed by atoms with Gasteiger partial charge in [0.2, 0.25) is 5.91 Å². The van der Waals surface area contributed by atoms with Crippen molar-refractivity contribution in [3.63, 3.8) is 0 Å². The number of nitrogens with zero attached hydrogens (tertiary/aromatic N) is 4. The average molecular weight is 378 g/mol. The molecule has 1 atom stereocenters. The minimum absolute atomic E-state index is 0.310. The van der Waals surface area contributed by atoms with Gasteiger partial charge in [0.25, 0.3) is 5.91 Å². The van der Waals surface area contributed by atoms with Crippen LogP contribution in [0.4, 0.5) is 5.82 Å². The largest absolute Gasteiger partial charge is 0.304 e. The summed E-state index contributed by atoms with van der Waals surface area (Å²) in [6.45, 7) is 7.98. The number of anilines is 1. The summed E-state index contributed by atoms with van der Waals surface area (Å²) < 4.78 is 0. The number of carbonyl (C=O) groups is 2. The van der Waals surface area contributed by atoms with Crippen LogP contribution in [0.2, 0.25) is 0 Å². The number of pyridine rings is 1. The van der Waals surface area contributed by atoms with Crippen molar-refractivity contribution in [3.8, 4) is 0 Å². The Hall–Kier alpha value is -2.86. The molecule has 0 saturated carbocycles. The van der Waals surface area contributed by atoms with E-state index in [9.17, 15) is 9.59 Å². The Morgan fingerprint density at radius 2 is 1.86 bits per heavy atom. The van der Waals surface area contributed by atoms with Crippen molar-refractivity contribution in [1.82, 2.24) is 9.88 Å². The predicted molar refractivity (Wildman–Crippen MR) is 111 cm³/mol. The Kier molecular flexibility index (Phi) is 6.66. The topological polar surface area (TPSA) is 65.9 Å². The van der Waals surface area contributed by atoms with E-state index < -0.39 is 5.92 Å². The minimum Gasteiger partial charge on any atom is -0.304 e. The fourth-order valence-corrected chi connectivity index (χ4v) is 3.41. The van der Waals surface area contributed by atoms with Crippen LogP contribution in [0.1, 0.15) is 42.1 Å². The molecule has 1 aromatic heterocycles. The Balaban J connectivity index is 1.81. The molecule has 2 aromatic rings. The summed E-state index contributed by atoms with van der Waals surface area (Å²) >= 11 is 0. The van der Waals surface area contributed by atoms with Crippen molar-refractivity contribution in [2.75, 3.05) is 31.1 Å². The van der Waals surface area contributed by atoms with Gasteiger partial charge >= 0.3 is 0 Å². The van der Waals surface area contributed by atoms with Crippen molar-refractivity contribution in [3.05, 3.63) is 59.8 Å². The highest BCUT2D eigenvalue weighted by molar-refractivity contribution is 6.28. The predicted octanol–water partition coefficient (Wildman–Crippen LogP) is 3.15. The number of amides is 2. The normalized spacial score (nSPS) is 16.8. The zero-order chi connectivity index (χ0) is 19.9. The van der Waals surface area contributed by atoms with Crippen LogP contribution < -0.4 is 4.90 Å². The van der Waals surface area contributed by atoms with E-state index in [0.717, 1.165) is 31.0 Å². The van der Waals surface area contributed by atoms with Crippen LogP contribution in [-0.4, -0.2) is 54.1 Å². The Bertz CT molecular complexity index is 847. The fourth-order valence-electron chi connectivity index (χ4n) is 3.41. The van der Waals surface area contributed by atoms with Gasteiger partial charge in [-0.2, -0.15) is 0 Å². The third-order valence-electron chi connectivity index (χ3n) is 5.00. The smallest absolute Gasteiger partial charge is 0.266 e. The summed E-state index contributed by atoms with van der Waals surface area (Å²) in [5.74, 6) is -0.892. The van der Waals surface area contributed by atoms with Crippen molar-refractivity contribution < 1.29 is 9.59 Å². The van der Waals surface area contributed by atoms with Gasteiger partial charge < -0.3 is 4.90 Å². The third-order valence-corrected chi connectivity index (χ3v) is 5.00. The number of carbonyl (C=O) groups excluding carboxylic acids is 2. The lowest BCUT2D eigenvalue weighted by molar-refractivity contribution is -0.118. The summed E-state index contributed by atoms with van der Waals surface area (Å²) in [7, 11) is 0. The van der Waals surface area contributed by atoms with E-state index >= 15 is 0 Å². The molecule has 0 N–H and O–H groups in total. The number of hydrogen-bond acceptors (Lipinski definition) is 5. The van der Waals surface area contributed by atoms with E-state index in [4.69, 9.17) is 0 Å². The quantitative estimate of drug-likeness (QED) is 0.402. The van der Waals surface area contributed by atoms with Gasteiger partial charge in [-0.15, -0.1) is 0 Å². The van der Waals surface area contributed by atoms with Crippen molar-refractivity contribution in [2.24, 2.45) is 4.99 Å². The van der Waals surface area contributed by atoms with Gasteiger partial charge in [0, 0.05) is 24.5 Å². The van der Waals surface area contributed by atoms with Gasteiger partial charge in [-0.25, -0.2) is 9.88 Å². The lowest BCUT2D eigenvalue weighted by Crippen LogP contribution is -2.46. The van der Waals surface area contributed by atoms with E-state index in [-0.39, 0.29) is 11.8 Å². The van der Waals surface area contributed by atoms with Crippen LogP contribution in [0.3, 0.4) is 0 Å². The van der Waals surface area contributed by atoms with Gasteiger partial charge in [-0.05, 0) is 49.8 Å². The maximum absolute atomic E-state index is 13.1. The summed E-state index contributed by atoms with van der Waals surface area (Å²) in [4.78, 5) is 38.2. The molecule has 0 aliphatic carbocycles. The second kappa shape index (κ2) is 9.37. The molecule has 0 saturated heterocycles. The zero-order valence-electron chi connectivity index (χ0n) is 16.4. The molecular weight excluding hydrogens is 352 g/mol. The van der Waals surface area contributed by atoms with E-state index in [1.165, 1.54) is 0 Å². The van der Waals surface area contributed by atoms with Gasteiger partial charge in [-0.3, -0.25) is 14.6 Å². The zero-order valence-corrected chi connectivity index (χ0v) is 16.4. The van der Waals surface area contributed by atoms with E-state index in [0.29, 0.717) is 23.5 Å². The van der Waals surface area contributed by atoms with Gasteiger partial charge in [0.05, 0.1) is 5.92 Å². The summed E-state index contributed by atoms with van der Waals surface area (Å²) in [6.07, 6.45) is 4.20. The van der Waals surface area contributed by atoms with Crippen LogP contribution in [0.5, 0.6) is 0 Å². The minimum atomic E-state index is -0.579. The molecule has 0 spiro atoms. The highest BCUT2D eigenvalue weighted by Gasteiger charge is 2.39. The van der Waals surface area contributed by atoms with Gasteiger partial charge in [0.1, 0.15) is 5.82 Å². The molecule has 0 radical (unpaired) electrons. The lowest BCUT2D eigenvalue weighted by atomic mass is 9.89. The van der Waals surface area contributed by atoms with Gasteiger partial charge in [0.15, 0.2) is 0 Å². The fraction of sp³-hybridized carbons (Fsp3) is 0.364. The van der Waals surface area contributed by atoms with E-state index in [2.05, 4.69) is 28.7 Å². The number of aliphatic imine (C=N–C) groups is 1. The second-order valence-corrected chi connectivity index (χ2v) is 6.67. The second-order valence-electron chi connectivity index (χ2n) is 6.67. The van der Waals surface area contributed by atoms with Crippen LogP contribution in [-0.2, 0) is 4.79 Å². The molecule has 2 heterocycles. The molecule has 1 aliphatic heterocycles. The number of fused-ring (bicyclic) bond motifs is 1. The van der Waals surface area contributed by atoms with Crippen LogP contribution >= 0.6 is 0 Å². The van der Waals surface area contributed by atoms with E-state index in [1.807, 2.05) is 12.1 Å². The lowest BCUT2D eigenvalue weighted by Gasteiger charge is -2.30. The number of aromatic nitrogens is 1. The molecule has 0 bridgehead atoms. The Labute approximate surface area is 165 Å². The maximum Gasteiger partial charge on any atom is 0.266 e. The summed E-state index contributed by atoms with van der Waals surface area (Å²) in [5, 5.41) is 0. The monoisotopic (exact) mass is 378 g/mol. The number of hydrogen-bond donors (Lipinski definition) is 0. The average Bonchev–Trinajstić information content (AvgIpc) is 2.73. The SMILES string of the molecule is CCN(CC)CCCN=CC1C(=O)N(c2ccccn2)C(=O)c2ccccc21. The molecule has 3 rings (SSSR count). The highest BCUT2D eigenvalue weighted by Crippen LogP contribution is 2.30. The molecule has 2 amide bonds.